The number of nitrogens with two attached hydrogens (primary N) is 1. The minimum absolute atomic E-state index is 0.110. The smallest absolute Gasteiger partial charge is 0.263 e. The maximum Gasteiger partial charge on any atom is 0.263 e. The van der Waals surface area contributed by atoms with Gasteiger partial charge in [0.2, 0.25) is 0 Å². The van der Waals surface area contributed by atoms with Crippen LogP contribution in [0.2, 0.25) is 0 Å². The fourth-order valence-electron chi connectivity index (χ4n) is 1.53. The van der Waals surface area contributed by atoms with Crippen molar-refractivity contribution in [2.75, 3.05) is 11.3 Å². The second-order valence-electron chi connectivity index (χ2n) is 3.88. The van der Waals surface area contributed by atoms with E-state index < -0.39 is 10.0 Å². The van der Waals surface area contributed by atoms with E-state index in [9.17, 15) is 8.42 Å². The van der Waals surface area contributed by atoms with Crippen molar-refractivity contribution in [1.82, 2.24) is 4.98 Å². The summed E-state index contributed by atoms with van der Waals surface area (Å²) in [5, 5.41) is 0. The van der Waals surface area contributed by atoms with Gasteiger partial charge in [0.25, 0.3) is 10.0 Å². The molecular formula is C14H13N3O2S. The number of pyridine rings is 1. The summed E-state index contributed by atoms with van der Waals surface area (Å²) < 4.78 is 26.7. The lowest BCUT2D eigenvalue weighted by Crippen LogP contribution is -2.13. The van der Waals surface area contributed by atoms with Gasteiger partial charge in [-0.2, -0.15) is 0 Å². The fraction of sp³-hybridized carbons (Fsp3) is 0.0714. The van der Waals surface area contributed by atoms with Gasteiger partial charge in [0.05, 0.1) is 12.2 Å². The standard InChI is InChI=1S/C14H13N3O2S/c15-8-2-5-12-4-1-6-13(10-12)17-20(18,19)14-7-3-9-16-11-14/h1,3-4,6-7,9-11,17H,8,15H2. The van der Waals surface area contributed by atoms with E-state index in [-0.39, 0.29) is 11.4 Å². The van der Waals surface area contributed by atoms with Gasteiger partial charge in [0, 0.05) is 18.0 Å². The van der Waals surface area contributed by atoms with E-state index in [1.54, 1.807) is 30.3 Å². The van der Waals surface area contributed by atoms with Gasteiger partial charge in [-0.1, -0.05) is 17.9 Å². The third-order valence-corrected chi connectivity index (χ3v) is 3.76. The Morgan fingerprint density at radius 3 is 2.80 bits per heavy atom. The third kappa shape index (κ3) is 3.57. The van der Waals surface area contributed by atoms with Crippen molar-refractivity contribution in [3.05, 3.63) is 54.4 Å². The van der Waals surface area contributed by atoms with Crippen LogP contribution in [-0.4, -0.2) is 19.9 Å². The van der Waals surface area contributed by atoms with E-state index in [0.29, 0.717) is 11.3 Å². The monoisotopic (exact) mass is 287 g/mol. The van der Waals surface area contributed by atoms with Crippen molar-refractivity contribution < 1.29 is 8.42 Å². The number of rotatable bonds is 3. The highest BCUT2D eigenvalue weighted by atomic mass is 32.2. The van der Waals surface area contributed by atoms with Crippen molar-refractivity contribution in [3.63, 3.8) is 0 Å². The number of nitrogens with zero attached hydrogens (tertiary/aromatic N) is 1. The Morgan fingerprint density at radius 2 is 2.10 bits per heavy atom. The van der Waals surface area contributed by atoms with Gasteiger partial charge in [0.15, 0.2) is 0 Å². The molecule has 1 aromatic heterocycles. The Morgan fingerprint density at radius 1 is 1.25 bits per heavy atom. The highest BCUT2D eigenvalue weighted by Gasteiger charge is 2.13. The molecule has 0 amide bonds. The maximum absolute atomic E-state index is 12.1. The van der Waals surface area contributed by atoms with E-state index in [1.165, 1.54) is 18.5 Å². The second kappa shape index (κ2) is 6.19. The molecule has 0 fully saturated rings. The molecule has 3 N–H and O–H groups in total. The van der Waals surface area contributed by atoms with Crippen LogP contribution in [0.5, 0.6) is 0 Å². The Bertz CT molecular complexity index is 747. The first-order valence-electron chi connectivity index (χ1n) is 5.84. The van der Waals surface area contributed by atoms with Gasteiger partial charge in [0.1, 0.15) is 4.90 Å². The lowest BCUT2D eigenvalue weighted by molar-refractivity contribution is 0.601. The molecule has 1 aromatic carbocycles. The number of benzene rings is 1. The van der Waals surface area contributed by atoms with Gasteiger partial charge in [-0.15, -0.1) is 0 Å². The summed E-state index contributed by atoms with van der Waals surface area (Å²) in [6.45, 7) is 0.256. The van der Waals surface area contributed by atoms with Crippen molar-refractivity contribution in [2.24, 2.45) is 5.73 Å². The number of hydrogen-bond donors (Lipinski definition) is 2. The molecule has 1 heterocycles. The second-order valence-corrected chi connectivity index (χ2v) is 5.56. The molecule has 0 aliphatic heterocycles. The molecule has 102 valence electrons. The Kier molecular flexibility index (Phi) is 4.35. The predicted molar refractivity (Wildman–Crippen MR) is 77.4 cm³/mol. The molecule has 5 nitrogen and oxygen atoms in total. The fourth-order valence-corrected chi connectivity index (χ4v) is 2.55. The summed E-state index contributed by atoms with van der Waals surface area (Å²) in [6, 6.07) is 9.86. The van der Waals surface area contributed by atoms with Crippen LogP contribution >= 0.6 is 0 Å². The van der Waals surface area contributed by atoms with Crippen LogP contribution in [0.3, 0.4) is 0 Å². The molecule has 0 aliphatic rings. The van der Waals surface area contributed by atoms with E-state index in [0.717, 1.165) is 0 Å². The van der Waals surface area contributed by atoms with Gasteiger partial charge < -0.3 is 5.73 Å². The van der Waals surface area contributed by atoms with Crippen LogP contribution in [0.1, 0.15) is 5.56 Å². The average Bonchev–Trinajstić information content (AvgIpc) is 2.46. The van der Waals surface area contributed by atoms with E-state index in [1.807, 2.05) is 0 Å². The highest BCUT2D eigenvalue weighted by molar-refractivity contribution is 7.92. The van der Waals surface area contributed by atoms with Gasteiger partial charge in [-0.3, -0.25) is 9.71 Å². The molecule has 6 heteroatoms. The van der Waals surface area contributed by atoms with Crippen LogP contribution in [0.15, 0.2) is 53.7 Å². The summed E-state index contributed by atoms with van der Waals surface area (Å²) in [4.78, 5) is 3.90. The number of nitrogens with one attached hydrogen (secondary N) is 1. The van der Waals surface area contributed by atoms with Crippen molar-refractivity contribution >= 4 is 15.7 Å². The molecule has 20 heavy (non-hydrogen) atoms. The summed E-state index contributed by atoms with van der Waals surface area (Å²) >= 11 is 0. The highest BCUT2D eigenvalue weighted by Crippen LogP contribution is 2.16. The minimum Gasteiger partial charge on any atom is -0.320 e. The van der Waals surface area contributed by atoms with Crippen LogP contribution in [0, 0.1) is 11.8 Å². The largest absolute Gasteiger partial charge is 0.320 e. The molecule has 0 saturated heterocycles. The Balaban J connectivity index is 2.26. The lowest BCUT2D eigenvalue weighted by atomic mass is 10.2. The molecular weight excluding hydrogens is 274 g/mol. The first-order valence-corrected chi connectivity index (χ1v) is 7.32. The van der Waals surface area contributed by atoms with Crippen LogP contribution in [0.4, 0.5) is 5.69 Å². The normalized spacial score (nSPS) is 10.4. The molecule has 0 unspecified atom stereocenters. The topological polar surface area (TPSA) is 85.1 Å². The molecule has 0 bridgehead atoms. The van der Waals surface area contributed by atoms with E-state index >= 15 is 0 Å². The maximum atomic E-state index is 12.1. The minimum atomic E-state index is -3.64. The van der Waals surface area contributed by atoms with Crippen LogP contribution < -0.4 is 10.5 Å². The first-order chi connectivity index (χ1) is 9.62. The van der Waals surface area contributed by atoms with Crippen LogP contribution in [0.25, 0.3) is 0 Å². The average molecular weight is 287 g/mol. The molecule has 0 radical (unpaired) electrons. The Hall–Kier alpha value is -2.36. The summed E-state index contributed by atoms with van der Waals surface area (Å²) in [6.07, 6.45) is 2.81. The number of anilines is 1. The summed E-state index contributed by atoms with van der Waals surface area (Å²) in [7, 11) is -3.64. The van der Waals surface area contributed by atoms with Crippen molar-refractivity contribution in [3.8, 4) is 11.8 Å². The number of aromatic nitrogens is 1. The number of hydrogen-bond acceptors (Lipinski definition) is 4. The predicted octanol–water partition coefficient (Wildman–Crippen LogP) is 1.19. The molecule has 0 aliphatic carbocycles. The zero-order chi connectivity index (χ0) is 14.4. The zero-order valence-electron chi connectivity index (χ0n) is 10.6. The first kappa shape index (κ1) is 14.1. The summed E-state index contributed by atoms with van der Waals surface area (Å²) in [5.41, 5.74) is 6.44. The SMILES string of the molecule is NCC#Cc1cccc(NS(=O)(=O)c2cccnc2)c1. The molecule has 0 saturated carbocycles. The third-order valence-electron chi connectivity index (χ3n) is 2.39. The van der Waals surface area contributed by atoms with Gasteiger partial charge >= 0.3 is 0 Å². The van der Waals surface area contributed by atoms with Crippen molar-refractivity contribution in [1.29, 1.82) is 0 Å². The lowest BCUT2D eigenvalue weighted by Gasteiger charge is -2.07. The molecule has 0 spiro atoms. The summed E-state index contributed by atoms with van der Waals surface area (Å²) in [5.74, 6) is 5.56. The van der Waals surface area contributed by atoms with Crippen molar-refractivity contribution in [2.45, 2.75) is 4.90 Å². The molecule has 2 rings (SSSR count). The quantitative estimate of drug-likeness (QED) is 0.830. The van der Waals surface area contributed by atoms with Crippen LogP contribution in [-0.2, 0) is 10.0 Å². The van der Waals surface area contributed by atoms with Gasteiger partial charge in [-0.05, 0) is 30.3 Å². The zero-order valence-corrected chi connectivity index (χ0v) is 11.4. The Labute approximate surface area is 117 Å². The molecule has 0 atom stereocenters. The number of sulfonamides is 1. The van der Waals surface area contributed by atoms with Gasteiger partial charge in [-0.25, -0.2) is 8.42 Å². The van der Waals surface area contributed by atoms with E-state index in [4.69, 9.17) is 5.73 Å². The molecule has 2 aromatic rings. The van der Waals surface area contributed by atoms with E-state index in [2.05, 4.69) is 21.5 Å².